The van der Waals surface area contributed by atoms with Crippen molar-refractivity contribution in [1.82, 2.24) is 15.5 Å². The second kappa shape index (κ2) is 18.7. The van der Waals surface area contributed by atoms with Crippen LogP contribution in [0.5, 0.6) is 0 Å². The number of likely N-dealkylation sites (tertiary alicyclic amines) is 1. The molecule has 34 heavy (non-hydrogen) atoms. The van der Waals surface area contributed by atoms with E-state index in [0.29, 0.717) is 19.0 Å². The Kier molecular flexibility index (Phi) is 16.3. The van der Waals surface area contributed by atoms with E-state index < -0.39 is 0 Å². The number of rotatable bonds is 17. The fourth-order valence-electron chi connectivity index (χ4n) is 3.77. The van der Waals surface area contributed by atoms with Gasteiger partial charge in [0.05, 0.1) is 6.54 Å². The molecule has 0 bridgehead atoms. The molecule has 2 amide bonds. The van der Waals surface area contributed by atoms with Crippen LogP contribution in [0.15, 0.2) is 24.5 Å². The molecule has 6 nitrogen and oxygen atoms in total. The van der Waals surface area contributed by atoms with Crippen LogP contribution in [0.1, 0.15) is 24.3 Å². The number of pyridine rings is 1. The summed E-state index contributed by atoms with van der Waals surface area (Å²) in [5.74, 6) is 7.29. The average molecular weight is 546 g/mol. The van der Waals surface area contributed by atoms with Crippen LogP contribution in [0.25, 0.3) is 0 Å². The quantitative estimate of drug-likeness (QED) is 0.230. The summed E-state index contributed by atoms with van der Waals surface area (Å²) in [4.78, 5) is 26.6. The molecule has 2 N–H and O–H groups in total. The molecular weight excluding hydrogens is 505 g/mol. The van der Waals surface area contributed by atoms with Gasteiger partial charge < -0.3 is 10.6 Å². The highest BCUT2D eigenvalue weighted by Crippen LogP contribution is 2.27. The molecule has 1 aliphatic heterocycles. The molecule has 1 aromatic heterocycles. The molecule has 0 atom stereocenters. The zero-order valence-electron chi connectivity index (χ0n) is 20.6. The molecular formula is C24H41N4O2S4+. The standard InChI is InChI=1S/C24H40N4O2S4/c1-31-15-17-33-13-7-25-23(29)19-27-9-3-21(4-10-27)22-5-11-28(12-6-22)20-24(30)26-8-14-34-18-16-32-2/h3-4,9-10,22H,5-8,11-20H2,1-2H3,(H-,25,26,29,30)/p+1. The number of hydrogen-bond acceptors (Lipinski definition) is 7. The fraction of sp³-hybridized carbons (Fsp3) is 0.708. The molecule has 192 valence electrons. The van der Waals surface area contributed by atoms with Crippen molar-refractivity contribution in [3.63, 3.8) is 0 Å². The minimum Gasteiger partial charge on any atom is -0.354 e. The summed E-state index contributed by atoms with van der Waals surface area (Å²) in [5.41, 5.74) is 1.33. The number of piperidine rings is 1. The summed E-state index contributed by atoms with van der Waals surface area (Å²) < 4.78 is 1.94. The summed E-state index contributed by atoms with van der Waals surface area (Å²) in [5, 5.41) is 6.05. The van der Waals surface area contributed by atoms with Crippen LogP contribution < -0.4 is 15.2 Å². The van der Waals surface area contributed by atoms with Crippen molar-refractivity contribution in [1.29, 1.82) is 0 Å². The first kappa shape index (κ1) is 29.7. The number of aromatic nitrogens is 1. The van der Waals surface area contributed by atoms with Gasteiger partial charge in [-0.15, -0.1) is 0 Å². The summed E-state index contributed by atoms with van der Waals surface area (Å²) in [7, 11) is 0. The van der Waals surface area contributed by atoms with Crippen LogP contribution in [-0.4, -0.2) is 96.5 Å². The number of nitrogens with one attached hydrogen (secondary N) is 2. The van der Waals surface area contributed by atoms with E-state index in [1.807, 2.05) is 64.0 Å². The van der Waals surface area contributed by atoms with Crippen LogP contribution >= 0.6 is 47.0 Å². The lowest BCUT2D eigenvalue weighted by molar-refractivity contribution is -0.684. The normalized spacial score (nSPS) is 14.8. The molecule has 1 aromatic rings. The number of carbonyl (C=O) groups is 2. The Bertz CT molecular complexity index is 701. The van der Waals surface area contributed by atoms with Gasteiger partial charge in [-0.1, -0.05) is 0 Å². The van der Waals surface area contributed by atoms with E-state index >= 15 is 0 Å². The molecule has 0 saturated carbocycles. The van der Waals surface area contributed by atoms with Crippen LogP contribution in [0.2, 0.25) is 0 Å². The van der Waals surface area contributed by atoms with Crippen molar-refractivity contribution >= 4 is 58.9 Å². The Morgan fingerprint density at radius 1 is 0.882 bits per heavy atom. The van der Waals surface area contributed by atoms with Crippen molar-refractivity contribution in [2.45, 2.75) is 25.3 Å². The summed E-state index contributed by atoms with van der Waals surface area (Å²) in [6.45, 7) is 4.25. The SMILES string of the molecule is CSCCSCCNC(=O)CN1CCC(c2cc[n+](CC(=O)NCCSCCSC)cc2)CC1. The Hall–Kier alpha value is -0.550. The number of thioether (sulfide) groups is 4. The maximum atomic E-state index is 12.2. The van der Waals surface area contributed by atoms with Crippen LogP contribution in [0.4, 0.5) is 0 Å². The van der Waals surface area contributed by atoms with Gasteiger partial charge in [0.25, 0.3) is 5.91 Å². The van der Waals surface area contributed by atoms with Crippen LogP contribution in [-0.2, 0) is 16.1 Å². The van der Waals surface area contributed by atoms with Gasteiger partial charge in [-0.2, -0.15) is 51.6 Å². The van der Waals surface area contributed by atoms with Crippen molar-refractivity contribution in [2.75, 3.05) is 79.8 Å². The first-order chi connectivity index (χ1) is 16.6. The van der Waals surface area contributed by atoms with Gasteiger partial charge in [0, 0.05) is 59.7 Å². The summed E-state index contributed by atoms with van der Waals surface area (Å²) in [6, 6.07) is 4.29. The first-order valence-electron chi connectivity index (χ1n) is 12.0. The Labute approximate surface area is 222 Å². The second-order valence-electron chi connectivity index (χ2n) is 8.26. The van der Waals surface area contributed by atoms with E-state index in [9.17, 15) is 9.59 Å². The third-order valence-corrected chi connectivity index (χ3v) is 9.38. The topological polar surface area (TPSA) is 65.3 Å². The van der Waals surface area contributed by atoms with E-state index in [0.717, 1.165) is 67.8 Å². The molecule has 0 radical (unpaired) electrons. The molecule has 0 unspecified atom stereocenters. The van der Waals surface area contributed by atoms with E-state index in [-0.39, 0.29) is 11.8 Å². The van der Waals surface area contributed by atoms with E-state index in [2.05, 4.69) is 40.2 Å². The maximum absolute atomic E-state index is 12.2. The van der Waals surface area contributed by atoms with Crippen molar-refractivity contribution in [3.05, 3.63) is 30.1 Å². The minimum absolute atomic E-state index is 0.0633. The first-order valence-corrected chi connectivity index (χ1v) is 17.1. The number of carbonyl (C=O) groups excluding carboxylic acids is 2. The molecule has 0 aromatic carbocycles. The van der Waals surface area contributed by atoms with Crippen molar-refractivity contribution < 1.29 is 14.2 Å². The fourth-order valence-corrected chi connectivity index (χ4v) is 6.94. The molecule has 1 fully saturated rings. The van der Waals surface area contributed by atoms with E-state index in [4.69, 9.17) is 0 Å². The molecule has 0 aliphatic carbocycles. The Balaban J connectivity index is 1.60. The highest BCUT2D eigenvalue weighted by molar-refractivity contribution is 8.03. The maximum Gasteiger partial charge on any atom is 0.286 e. The Morgan fingerprint density at radius 2 is 1.44 bits per heavy atom. The summed E-state index contributed by atoms with van der Waals surface area (Å²) in [6.07, 6.45) is 10.4. The third-order valence-electron chi connectivity index (χ3n) is 5.67. The zero-order valence-corrected chi connectivity index (χ0v) is 23.9. The van der Waals surface area contributed by atoms with Gasteiger partial charge in [0.2, 0.25) is 12.5 Å². The molecule has 1 aliphatic rings. The average Bonchev–Trinajstić information content (AvgIpc) is 2.84. The molecule has 10 heteroatoms. The molecule has 1 saturated heterocycles. The van der Waals surface area contributed by atoms with Gasteiger partial charge >= 0.3 is 0 Å². The van der Waals surface area contributed by atoms with Gasteiger partial charge in [-0.25, -0.2) is 0 Å². The number of nitrogens with zero attached hydrogens (tertiary/aromatic N) is 2. The number of hydrogen-bond donors (Lipinski definition) is 2. The van der Waals surface area contributed by atoms with Crippen LogP contribution in [0.3, 0.4) is 0 Å². The van der Waals surface area contributed by atoms with Crippen molar-refractivity contribution in [2.24, 2.45) is 0 Å². The lowest BCUT2D eigenvalue weighted by Crippen LogP contribution is -2.43. The van der Waals surface area contributed by atoms with Crippen molar-refractivity contribution in [3.8, 4) is 0 Å². The molecule has 0 spiro atoms. The van der Waals surface area contributed by atoms with Crippen LogP contribution in [0, 0.1) is 0 Å². The smallest absolute Gasteiger partial charge is 0.286 e. The second-order valence-corrected chi connectivity index (χ2v) is 12.7. The van der Waals surface area contributed by atoms with Gasteiger partial charge in [-0.05, 0) is 49.9 Å². The lowest BCUT2D eigenvalue weighted by Gasteiger charge is -2.31. The Morgan fingerprint density at radius 3 is 2.00 bits per heavy atom. The monoisotopic (exact) mass is 545 g/mol. The zero-order chi connectivity index (χ0) is 24.4. The van der Waals surface area contributed by atoms with E-state index in [1.165, 1.54) is 11.3 Å². The third kappa shape index (κ3) is 13.0. The predicted octanol–water partition coefficient (Wildman–Crippen LogP) is 2.58. The number of amides is 2. The highest BCUT2D eigenvalue weighted by atomic mass is 32.2. The minimum atomic E-state index is 0.0633. The molecule has 2 rings (SSSR count). The van der Waals surface area contributed by atoms with Gasteiger partial charge in [0.1, 0.15) is 0 Å². The highest BCUT2D eigenvalue weighted by Gasteiger charge is 2.22. The lowest BCUT2D eigenvalue weighted by atomic mass is 9.90. The largest absolute Gasteiger partial charge is 0.354 e. The predicted molar refractivity (Wildman–Crippen MR) is 152 cm³/mol. The van der Waals surface area contributed by atoms with Gasteiger partial charge in [0.15, 0.2) is 12.4 Å². The van der Waals surface area contributed by atoms with E-state index in [1.54, 1.807) is 0 Å². The molecule has 2 heterocycles. The summed E-state index contributed by atoms with van der Waals surface area (Å²) >= 11 is 7.50. The van der Waals surface area contributed by atoms with Gasteiger partial charge in [-0.3, -0.25) is 14.5 Å².